The summed E-state index contributed by atoms with van der Waals surface area (Å²) in [6.45, 7) is 9.11. The van der Waals surface area contributed by atoms with Crippen LogP contribution in [-0.2, 0) is 4.74 Å². The molecule has 8 rings (SSSR count). The maximum atomic E-state index is 12.3. The smallest absolute Gasteiger partial charge is 0.410 e. The van der Waals surface area contributed by atoms with Crippen LogP contribution in [0.3, 0.4) is 0 Å². The van der Waals surface area contributed by atoms with Gasteiger partial charge in [-0.05, 0) is 107 Å². The van der Waals surface area contributed by atoms with E-state index in [1.807, 2.05) is 78.8 Å². The molecule has 2 aliphatic heterocycles. The number of amides is 1. The molecule has 4 aromatic heterocycles. The summed E-state index contributed by atoms with van der Waals surface area (Å²) < 4.78 is 9.54. The Morgan fingerprint density at radius 2 is 1.17 bits per heavy atom. The van der Waals surface area contributed by atoms with E-state index < -0.39 is 5.60 Å². The van der Waals surface area contributed by atoms with Crippen LogP contribution in [0.2, 0.25) is 0 Å². The van der Waals surface area contributed by atoms with Crippen molar-refractivity contribution in [2.75, 3.05) is 36.8 Å². The summed E-state index contributed by atoms with van der Waals surface area (Å²) in [5.74, 6) is 0.531. The Balaban J connectivity index is 0.000000170. The molecule has 0 unspecified atom stereocenters. The fourth-order valence-electron chi connectivity index (χ4n) is 6.86. The molecule has 2 saturated heterocycles. The van der Waals surface area contributed by atoms with Gasteiger partial charge in [0.15, 0.2) is 0 Å². The van der Waals surface area contributed by atoms with Crippen LogP contribution in [0.1, 0.15) is 46.5 Å². The molecule has 6 aromatic rings. The van der Waals surface area contributed by atoms with Gasteiger partial charge in [0.05, 0.1) is 47.5 Å². The molecule has 0 spiro atoms. The van der Waals surface area contributed by atoms with E-state index in [0.717, 1.165) is 83.4 Å². The van der Waals surface area contributed by atoms with Crippen molar-refractivity contribution in [2.24, 2.45) is 0 Å². The summed E-state index contributed by atoms with van der Waals surface area (Å²) in [5, 5.41) is 29.8. The molecule has 2 aliphatic rings. The minimum absolute atomic E-state index is 0.242. The number of rotatable bonds is 6. The zero-order chi connectivity index (χ0) is 37.0. The second-order valence-corrected chi connectivity index (χ2v) is 14.8. The Hall–Kier alpha value is -5.75. The van der Waals surface area contributed by atoms with Crippen molar-refractivity contribution in [3.8, 4) is 33.8 Å². The lowest BCUT2D eigenvalue weighted by Gasteiger charge is -2.34. The minimum atomic E-state index is -0.478. The minimum Gasteiger partial charge on any atom is -0.508 e. The topological polar surface area (TPSA) is 141 Å². The molecule has 12 nitrogen and oxygen atoms in total. The molecule has 1 amide bonds. The molecule has 2 fully saturated rings. The van der Waals surface area contributed by atoms with E-state index in [0.29, 0.717) is 19.1 Å². The Morgan fingerprint density at radius 1 is 0.717 bits per heavy atom. The number of hydrogen-bond donors (Lipinski definition) is 5. The van der Waals surface area contributed by atoms with Crippen LogP contribution in [-0.4, -0.2) is 83.8 Å². The van der Waals surface area contributed by atoms with Gasteiger partial charge in [-0.1, -0.05) is 24.3 Å². The zero-order valence-corrected chi connectivity index (χ0v) is 30.5. The van der Waals surface area contributed by atoms with Gasteiger partial charge in [0.25, 0.3) is 0 Å². The number of pyridine rings is 2. The number of nitrogens with zero attached hydrogens (tertiary/aromatic N) is 5. The van der Waals surface area contributed by atoms with Crippen molar-refractivity contribution >= 4 is 28.5 Å². The van der Waals surface area contributed by atoms with Crippen molar-refractivity contribution in [1.29, 1.82) is 0 Å². The summed E-state index contributed by atoms with van der Waals surface area (Å²) in [6, 6.07) is 19.5. The number of hydrogen-bond acceptors (Lipinski definition) is 9. The number of anilines is 2. The normalized spacial score (nSPS) is 15.6. The maximum absolute atomic E-state index is 12.3. The summed E-state index contributed by atoms with van der Waals surface area (Å²) in [7, 11) is 0. The highest BCUT2D eigenvalue weighted by Crippen LogP contribution is 2.31. The average molecular weight is 717 g/mol. The van der Waals surface area contributed by atoms with Gasteiger partial charge in [0.2, 0.25) is 0 Å². The lowest BCUT2D eigenvalue weighted by molar-refractivity contribution is 0.0210. The van der Waals surface area contributed by atoms with E-state index >= 15 is 0 Å². The summed E-state index contributed by atoms with van der Waals surface area (Å²) in [6.07, 6.45) is 15.2. The SMILES string of the molecule is CC(C)(C)OC(=O)N1CCC(Nc2cc(-c3ccc(O)cc3)cn3cncc23)CC1.Oc1ccc(-c2cc(NC3CCNCC3)c3cncn3c2)cc1. The first-order chi connectivity index (χ1) is 25.6. The number of aromatic nitrogens is 4. The standard InChI is InChI=1S/C23H28N4O3.C18H20N4O/c1-23(2,3)30-22(29)26-10-8-18(9-11-26)25-20-12-17(14-27-15-24-13-21(20)27)16-4-6-19(28)7-5-16;23-16-3-1-13(2-4-16)14-9-17(18-10-20-12-22(18)11-14)21-15-5-7-19-8-6-15/h4-7,12-15,18,25,28H,8-11H2,1-3H3;1-4,9-12,15,19,21,23H,5-8H2. The van der Waals surface area contributed by atoms with E-state index in [4.69, 9.17) is 4.74 Å². The number of phenolic OH excluding ortho intramolecular Hbond substituents is 2. The van der Waals surface area contributed by atoms with Crippen LogP contribution >= 0.6 is 0 Å². The predicted molar refractivity (Wildman–Crippen MR) is 209 cm³/mol. The van der Waals surface area contributed by atoms with Gasteiger partial charge in [-0.2, -0.15) is 0 Å². The highest BCUT2D eigenvalue weighted by atomic mass is 16.6. The lowest BCUT2D eigenvalue weighted by atomic mass is 10.0. The molecule has 0 atom stereocenters. The van der Waals surface area contributed by atoms with Gasteiger partial charge in [0.1, 0.15) is 17.1 Å². The number of piperidine rings is 2. The molecule has 5 N–H and O–H groups in total. The number of benzene rings is 2. The Bertz CT molecular complexity index is 2140. The van der Waals surface area contributed by atoms with Crippen molar-refractivity contribution in [1.82, 2.24) is 29.0 Å². The third-order valence-corrected chi connectivity index (χ3v) is 9.65. The van der Waals surface area contributed by atoms with E-state index in [-0.39, 0.29) is 23.6 Å². The first-order valence-corrected chi connectivity index (χ1v) is 18.3. The number of nitrogens with one attached hydrogen (secondary N) is 3. The summed E-state index contributed by atoms with van der Waals surface area (Å²) in [5.41, 5.74) is 7.97. The molecule has 0 bridgehead atoms. The van der Waals surface area contributed by atoms with E-state index in [2.05, 4.69) is 44.2 Å². The second-order valence-electron chi connectivity index (χ2n) is 14.8. The number of phenols is 2. The van der Waals surface area contributed by atoms with Crippen LogP contribution in [0.5, 0.6) is 11.5 Å². The van der Waals surface area contributed by atoms with E-state index in [9.17, 15) is 15.0 Å². The summed E-state index contributed by atoms with van der Waals surface area (Å²) >= 11 is 0. The zero-order valence-electron chi connectivity index (χ0n) is 30.5. The molecule has 0 radical (unpaired) electrons. The van der Waals surface area contributed by atoms with Gasteiger partial charge in [-0.25, -0.2) is 14.8 Å². The molecule has 6 heterocycles. The number of likely N-dealkylation sites (tertiary alicyclic amines) is 1. The van der Waals surface area contributed by atoms with Crippen molar-refractivity contribution in [3.63, 3.8) is 0 Å². The van der Waals surface area contributed by atoms with Crippen LogP contribution in [0.15, 0.2) is 98.1 Å². The monoisotopic (exact) mass is 716 g/mol. The lowest BCUT2D eigenvalue weighted by Crippen LogP contribution is -2.44. The first-order valence-electron chi connectivity index (χ1n) is 18.3. The Morgan fingerprint density at radius 3 is 1.62 bits per heavy atom. The third kappa shape index (κ3) is 8.83. The Labute approximate surface area is 309 Å². The molecule has 0 aliphatic carbocycles. The van der Waals surface area contributed by atoms with E-state index in [1.54, 1.807) is 35.5 Å². The largest absolute Gasteiger partial charge is 0.508 e. The van der Waals surface area contributed by atoms with Gasteiger partial charge in [0, 0.05) is 48.7 Å². The number of ether oxygens (including phenoxy) is 1. The van der Waals surface area contributed by atoms with E-state index in [1.165, 1.54) is 0 Å². The van der Waals surface area contributed by atoms with Crippen molar-refractivity contribution < 1.29 is 19.7 Å². The molecular weight excluding hydrogens is 669 g/mol. The quantitative estimate of drug-likeness (QED) is 0.119. The highest BCUT2D eigenvalue weighted by molar-refractivity contribution is 5.80. The van der Waals surface area contributed by atoms with Gasteiger partial charge >= 0.3 is 6.09 Å². The Kier molecular flexibility index (Phi) is 10.4. The second kappa shape index (κ2) is 15.5. The molecular formula is C41H48N8O4. The fourth-order valence-corrected chi connectivity index (χ4v) is 6.86. The average Bonchev–Trinajstić information content (AvgIpc) is 3.83. The number of aromatic hydroxyl groups is 2. The predicted octanol–water partition coefficient (Wildman–Crippen LogP) is 7.39. The third-order valence-electron chi connectivity index (χ3n) is 9.65. The van der Waals surface area contributed by atoms with Gasteiger partial charge < -0.3 is 44.6 Å². The van der Waals surface area contributed by atoms with Crippen molar-refractivity contribution in [3.05, 3.63) is 98.1 Å². The molecule has 0 saturated carbocycles. The van der Waals surface area contributed by atoms with Crippen LogP contribution in [0.4, 0.5) is 16.2 Å². The van der Waals surface area contributed by atoms with Crippen molar-refractivity contribution in [2.45, 2.75) is 64.1 Å². The van der Waals surface area contributed by atoms with Crippen LogP contribution in [0, 0.1) is 0 Å². The molecule has 276 valence electrons. The number of imidazole rings is 2. The van der Waals surface area contributed by atoms with Crippen LogP contribution < -0.4 is 16.0 Å². The fraction of sp³-hybridized carbons (Fsp3) is 0.341. The number of carbonyl (C=O) groups excluding carboxylic acids is 1. The highest BCUT2D eigenvalue weighted by Gasteiger charge is 2.27. The molecule has 53 heavy (non-hydrogen) atoms. The van der Waals surface area contributed by atoms with Crippen LogP contribution in [0.25, 0.3) is 33.3 Å². The first kappa shape index (κ1) is 35.6. The number of fused-ring (bicyclic) bond motifs is 2. The van der Waals surface area contributed by atoms with Gasteiger partial charge in [-0.3, -0.25) is 0 Å². The molecule has 12 heteroatoms. The molecule has 2 aromatic carbocycles. The van der Waals surface area contributed by atoms with Gasteiger partial charge in [-0.15, -0.1) is 0 Å². The maximum Gasteiger partial charge on any atom is 0.410 e. The number of carbonyl (C=O) groups is 1. The summed E-state index contributed by atoms with van der Waals surface area (Å²) in [4.78, 5) is 22.6.